The number of rotatable bonds is 3. The van der Waals surface area contributed by atoms with Gasteiger partial charge in [-0.05, 0) is 51.3 Å². The van der Waals surface area contributed by atoms with Gasteiger partial charge < -0.3 is 4.74 Å². The summed E-state index contributed by atoms with van der Waals surface area (Å²) in [5, 5.41) is 0. The van der Waals surface area contributed by atoms with E-state index in [9.17, 15) is 0 Å². The Balaban J connectivity index is 3.02. The summed E-state index contributed by atoms with van der Waals surface area (Å²) in [4.78, 5) is 0. The lowest BCUT2D eigenvalue weighted by molar-refractivity contribution is 0.162. The summed E-state index contributed by atoms with van der Waals surface area (Å²) in [5.74, 6) is 0. The van der Waals surface area contributed by atoms with Gasteiger partial charge in [-0.3, -0.25) is 0 Å². The molecule has 82 valence electrons. The van der Waals surface area contributed by atoms with Crippen molar-refractivity contribution in [1.82, 2.24) is 0 Å². The largest absolute Gasteiger partial charge is 0.494 e. The van der Waals surface area contributed by atoms with Crippen molar-refractivity contribution in [3.63, 3.8) is 0 Å². The lowest BCUT2D eigenvalue weighted by atomic mass is 9.96. The number of ether oxygens (including phenoxy) is 1. The van der Waals surface area contributed by atoms with E-state index in [1.807, 2.05) is 13.0 Å². The summed E-state index contributed by atoms with van der Waals surface area (Å²) in [6, 6.07) is 4.41. The van der Waals surface area contributed by atoms with E-state index in [0.29, 0.717) is 0 Å². The van der Waals surface area contributed by atoms with Crippen LogP contribution >= 0.6 is 0 Å². The van der Waals surface area contributed by atoms with Crippen molar-refractivity contribution in [1.29, 1.82) is 0 Å². The molecular formula is C14H20O. The van der Waals surface area contributed by atoms with E-state index in [1.54, 1.807) is 6.26 Å². The highest BCUT2D eigenvalue weighted by Crippen LogP contribution is 2.25. The van der Waals surface area contributed by atoms with Crippen LogP contribution in [0.5, 0.6) is 0 Å². The van der Waals surface area contributed by atoms with Crippen LogP contribution in [0.3, 0.4) is 0 Å². The number of aryl methyl sites for hydroxylation is 3. The highest BCUT2D eigenvalue weighted by molar-refractivity contribution is 5.38. The highest BCUT2D eigenvalue weighted by atomic mass is 16.5. The van der Waals surface area contributed by atoms with Gasteiger partial charge in [0.05, 0.1) is 6.26 Å². The molecule has 0 aromatic heterocycles. The van der Waals surface area contributed by atoms with Crippen LogP contribution in [-0.4, -0.2) is 0 Å². The first-order valence-corrected chi connectivity index (χ1v) is 5.40. The van der Waals surface area contributed by atoms with Crippen molar-refractivity contribution in [2.24, 2.45) is 0 Å². The van der Waals surface area contributed by atoms with Gasteiger partial charge in [-0.1, -0.05) is 23.8 Å². The van der Waals surface area contributed by atoms with Gasteiger partial charge in [0.25, 0.3) is 0 Å². The molecule has 0 fully saturated rings. The third-order valence-corrected chi connectivity index (χ3v) is 2.56. The standard InChI is InChI=1S/C14H20O/c1-6-7-15-13(5)14-11(3)8-10(2)9-12(14)4/h6-9,13H,1-5H3/b7-6+/t13-/m0/s1. The zero-order valence-corrected chi connectivity index (χ0v) is 10.3. The number of allylic oxidation sites excluding steroid dienone is 1. The molecular weight excluding hydrogens is 184 g/mol. The summed E-state index contributed by atoms with van der Waals surface area (Å²) >= 11 is 0. The molecule has 0 radical (unpaired) electrons. The zero-order chi connectivity index (χ0) is 11.4. The second kappa shape index (κ2) is 5.01. The molecule has 1 rings (SSSR count). The molecule has 1 aromatic carbocycles. The van der Waals surface area contributed by atoms with Crippen LogP contribution in [0.2, 0.25) is 0 Å². The molecule has 0 spiro atoms. The minimum Gasteiger partial charge on any atom is -0.494 e. The Hall–Kier alpha value is -1.24. The first-order chi connectivity index (χ1) is 7.06. The molecule has 0 aliphatic rings. The van der Waals surface area contributed by atoms with E-state index in [1.165, 1.54) is 22.3 Å². The molecule has 0 N–H and O–H groups in total. The summed E-state index contributed by atoms with van der Waals surface area (Å²) in [5.41, 5.74) is 5.24. The van der Waals surface area contributed by atoms with E-state index in [-0.39, 0.29) is 6.10 Å². The average molecular weight is 204 g/mol. The minimum atomic E-state index is 0.127. The second-order valence-corrected chi connectivity index (χ2v) is 4.06. The SMILES string of the molecule is C/C=C/O[C@@H](C)c1c(C)cc(C)cc1C. The Morgan fingerprint density at radius 1 is 1.13 bits per heavy atom. The fraction of sp³-hybridized carbons (Fsp3) is 0.429. The van der Waals surface area contributed by atoms with Gasteiger partial charge >= 0.3 is 0 Å². The molecule has 0 amide bonds. The summed E-state index contributed by atoms with van der Waals surface area (Å²) in [6.45, 7) is 10.5. The summed E-state index contributed by atoms with van der Waals surface area (Å²) < 4.78 is 5.60. The van der Waals surface area contributed by atoms with Gasteiger partial charge in [-0.15, -0.1) is 0 Å². The van der Waals surface area contributed by atoms with Crippen molar-refractivity contribution in [2.75, 3.05) is 0 Å². The quantitative estimate of drug-likeness (QED) is 0.670. The summed E-state index contributed by atoms with van der Waals surface area (Å²) in [6.07, 6.45) is 3.79. The fourth-order valence-corrected chi connectivity index (χ4v) is 2.10. The molecule has 0 saturated heterocycles. The van der Waals surface area contributed by atoms with E-state index in [4.69, 9.17) is 4.74 Å². The monoisotopic (exact) mass is 204 g/mol. The van der Waals surface area contributed by atoms with Gasteiger partial charge in [-0.2, -0.15) is 0 Å². The van der Waals surface area contributed by atoms with Crippen LogP contribution in [0.25, 0.3) is 0 Å². The van der Waals surface area contributed by atoms with Gasteiger partial charge in [0.2, 0.25) is 0 Å². The Kier molecular flexibility index (Phi) is 3.96. The maximum absolute atomic E-state index is 5.60. The van der Waals surface area contributed by atoms with Crippen molar-refractivity contribution in [3.05, 3.63) is 46.7 Å². The van der Waals surface area contributed by atoms with Gasteiger partial charge in [0.15, 0.2) is 0 Å². The Labute approximate surface area is 92.8 Å². The van der Waals surface area contributed by atoms with E-state index < -0.39 is 0 Å². The Morgan fingerprint density at radius 2 is 1.67 bits per heavy atom. The molecule has 1 nitrogen and oxygen atoms in total. The van der Waals surface area contributed by atoms with Crippen LogP contribution < -0.4 is 0 Å². The maximum Gasteiger partial charge on any atom is 0.120 e. The first-order valence-electron chi connectivity index (χ1n) is 5.40. The Morgan fingerprint density at radius 3 is 2.13 bits per heavy atom. The van der Waals surface area contributed by atoms with Gasteiger partial charge in [0.1, 0.15) is 6.10 Å². The van der Waals surface area contributed by atoms with E-state index in [2.05, 4.69) is 39.8 Å². The number of benzene rings is 1. The minimum absolute atomic E-state index is 0.127. The van der Waals surface area contributed by atoms with E-state index >= 15 is 0 Å². The molecule has 0 aliphatic carbocycles. The molecule has 0 aliphatic heterocycles. The van der Waals surface area contributed by atoms with Crippen molar-refractivity contribution >= 4 is 0 Å². The zero-order valence-electron chi connectivity index (χ0n) is 10.3. The molecule has 1 atom stereocenters. The lowest BCUT2D eigenvalue weighted by Crippen LogP contribution is -2.01. The van der Waals surface area contributed by atoms with Crippen molar-refractivity contribution in [2.45, 2.75) is 40.7 Å². The lowest BCUT2D eigenvalue weighted by Gasteiger charge is -2.17. The molecule has 15 heavy (non-hydrogen) atoms. The van der Waals surface area contributed by atoms with E-state index in [0.717, 1.165) is 0 Å². The average Bonchev–Trinajstić information content (AvgIpc) is 2.12. The second-order valence-electron chi connectivity index (χ2n) is 4.06. The van der Waals surface area contributed by atoms with Gasteiger partial charge in [-0.25, -0.2) is 0 Å². The molecule has 1 heteroatoms. The third-order valence-electron chi connectivity index (χ3n) is 2.56. The highest BCUT2D eigenvalue weighted by Gasteiger charge is 2.11. The van der Waals surface area contributed by atoms with Crippen LogP contribution in [0.1, 0.15) is 42.2 Å². The molecule has 0 saturated carbocycles. The predicted molar refractivity (Wildman–Crippen MR) is 65.0 cm³/mol. The number of hydrogen-bond acceptors (Lipinski definition) is 1. The first kappa shape index (κ1) is 11.8. The van der Waals surface area contributed by atoms with Gasteiger partial charge in [0, 0.05) is 0 Å². The van der Waals surface area contributed by atoms with Crippen molar-refractivity contribution in [3.8, 4) is 0 Å². The fourth-order valence-electron chi connectivity index (χ4n) is 2.10. The topological polar surface area (TPSA) is 9.23 Å². The molecule has 0 unspecified atom stereocenters. The van der Waals surface area contributed by atoms with Crippen LogP contribution in [-0.2, 0) is 4.74 Å². The molecule has 0 bridgehead atoms. The maximum atomic E-state index is 5.60. The van der Waals surface area contributed by atoms with Crippen LogP contribution in [0, 0.1) is 20.8 Å². The Bertz CT molecular complexity index is 341. The smallest absolute Gasteiger partial charge is 0.120 e. The van der Waals surface area contributed by atoms with Crippen LogP contribution in [0.4, 0.5) is 0 Å². The summed E-state index contributed by atoms with van der Waals surface area (Å²) in [7, 11) is 0. The molecule has 1 aromatic rings. The third kappa shape index (κ3) is 2.85. The predicted octanol–water partition coefficient (Wildman–Crippen LogP) is 4.22. The van der Waals surface area contributed by atoms with Crippen LogP contribution in [0.15, 0.2) is 24.5 Å². The number of hydrogen-bond donors (Lipinski definition) is 0. The normalized spacial score (nSPS) is 13.1. The molecule has 0 heterocycles. The van der Waals surface area contributed by atoms with Crippen molar-refractivity contribution < 1.29 is 4.74 Å².